The van der Waals surface area contributed by atoms with Gasteiger partial charge in [0.2, 0.25) is 0 Å². The second kappa shape index (κ2) is 5.22. The van der Waals surface area contributed by atoms with Crippen molar-refractivity contribution in [3.63, 3.8) is 0 Å². The van der Waals surface area contributed by atoms with Crippen LogP contribution >= 0.6 is 0 Å². The second-order valence-electron chi connectivity index (χ2n) is 4.82. The van der Waals surface area contributed by atoms with Crippen LogP contribution in [0.1, 0.15) is 49.0 Å². The summed E-state index contributed by atoms with van der Waals surface area (Å²) in [5.74, 6) is 0.0660. The number of hydrogen-bond donors (Lipinski definition) is 0. The number of Topliss-reactive ketones (excluding diaryl/α,β-unsaturated/α-hetero) is 1. The minimum atomic E-state index is 0.0660. The summed E-state index contributed by atoms with van der Waals surface area (Å²) in [7, 11) is 0. The van der Waals surface area contributed by atoms with E-state index >= 15 is 0 Å². The SMILES string of the molecule is CCCN(c1cc(C#N)ccc1C(C)=O)C1CC1. The Kier molecular flexibility index (Phi) is 3.66. The lowest BCUT2D eigenvalue weighted by Gasteiger charge is -2.26. The van der Waals surface area contributed by atoms with E-state index < -0.39 is 0 Å². The molecule has 3 nitrogen and oxygen atoms in total. The summed E-state index contributed by atoms with van der Waals surface area (Å²) in [6.07, 6.45) is 3.42. The summed E-state index contributed by atoms with van der Waals surface area (Å²) in [5, 5.41) is 9.00. The fourth-order valence-corrected chi connectivity index (χ4v) is 2.26. The van der Waals surface area contributed by atoms with Crippen LogP contribution < -0.4 is 4.90 Å². The van der Waals surface area contributed by atoms with E-state index in [1.165, 1.54) is 12.8 Å². The van der Waals surface area contributed by atoms with Crippen molar-refractivity contribution in [2.75, 3.05) is 11.4 Å². The van der Waals surface area contributed by atoms with Crippen LogP contribution in [-0.2, 0) is 0 Å². The Bertz CT molecular complexity index is 498. The molecule has 0 bridgehead atoms. The minimum Gasteiger partial charge on any atom is -0.368 e. The molecule has 1 aromatic rings. The highest BCUT2D eigenvalue weighted by atomic mass is 16.1. The molecule has 0 saturated heterocycles. The third-order valence-corrected chi connectivity index (χ3v) is 3.27. The molecule has 1 saturated carbocycles. The van der Waals surface area contributed by atoms with Gasteiger partial charge in [0.1, 0.15) is 0 Å². The van der Waals surface area contributed by atoms with E-state index in [0.717, 1.165) is 24.2 Å². The predicted octanol–water partition coefficient (Wildman–Crippen LogP) is 3.14. The Morgan fingerprint density at radius 2 is 2.22 bits per heavy atom. The number of nitriles is 1. The molecule has 2 rings (SSSR count). The van der Waals surface area contributed by atoms with Crippen molar-refractivity contribution in [3.8, 4) is 6.07 Å². The zero-order valence-corrected chi connectivity index (χ0v) is 10.9. The van der Waals surface area contributed by atoms with Gasteiger partial charge < -0.3 is 4.90 Å². The van der Waals surface area contributed by atoms with E-state index in [0.29, 0.717) is 11.6 Å². The lowest BCUT2D eigenvalue weighted by molar-refractivity contribution is 0.101. The molecule has 0 spiro atoms. The fraction of sp³-hybridized carbons (Fsp3) is 0.467. The topological polar surface area (TPSA) is 44.1 Å². The van der Waals surface area contributed by atoms with Crippen LogP contribution in [0.3, 0.4) is 0 Å². The van der Waals surface area contributed by atoms with Crippen LogP contribution in [-0.4, -0.2) is 18.4 Å². The summed E-state index contributed by atoms with van der Waals surface area (Å²) < 4.78 is 0. The molecular formula is C15H18N2O. The number of carbonyl (C=O) groups is 1. The Morgan fingerprint density at radius 3 is 2.72 bits per heavy atom. The molecule has 0 aliphatic heterocycles. The van der Waals surface area contributed by atoms with E-state index in [4.69, 9.17) is 5.26 Å². The van der Waals surface area contributed by atoms with Crippen molar-refractivity contribution in [1.82, 2.24) is 0 Å². The van der Waals surface area contributed by atoms with Crippen LogP contribution in [0.5, 0.6) is 0 Å². The maximum atomic E-state index is 11.7. The molecule has 0 heterocycles. The maximum absolute atomic E-state index is 11.7. The standard InChI is InChI=1S/C15H18N2O/c1-3-8-17(13-5-6-13)15-9-12(10-16)4-7-14(15)11(2)18/h4,7,9,13H,3,5-6,8H2,1-2H3. The van der Waals surface area contributed by atoms with Gasteiger partial charge in [0, 0.05) is 23.8 Å². The Hall–Kier alpha value is -1.82. The number of nitrogens with zero attached hydrogens (tertiary/aromatic N) is 2. The molecule has 1 fully saturated rings. The predicted molar refractivity (Wildman–Crippen MR) is 71.8 cm³/mol. The zero-order valence-electron chi connectivity index (χ0n) is 10.9. The number of benzene rings is 1. The van der Waals surface area contributed by atoms with Crippen LogP contribution in [0.2, 0.25) is 0 Å². The molecule has 0 unspecified atom stereocenters. The molecule has 1 aliphatic rings. The van der Waals surface area contributed by atoms with Crippen LogP contribution in [0.4, 0.5) is 5.69 Å². The number of anilines is 1. The zero-order chi connectivity index (χ0) is 13.1. The van der Waals surface area contributed by atoms with Gasteiger partial charge in [-0.2, -0.15) is 5.26 Å². The number of rotatable bonds is 5. The molecule has 94 valence electrons. The van der Waals surface area contributed by atoms with Crippen LogP contribution in [0, 0.1) is 11.3 Å². The third-order valence-electron chi connectivity index (χ3n) is 3.27. The fourth-order valence-electron chi connectivity index (χ4n) is 2.26. The molecule has 1 aliphatic carbocycles. The van der Waals surface area contributed by atoms with Crippen molar-refractivity contribution in [3.05, 3.63) is 29.3 Å². The molecule has 0 radical (unpaired) electrons. The highest BCUT2D eigenvalue weighted by molar-refractivity contribution is 6.00. The maximum Gasteiger partial charge on any atom is 0.161 e. The monoisotopic (exact) mass is 242 g/mol. The smallest absolute Gasteiger partial charge is 0.161 e. The molecular weight excluding hydrogens is 224 g/mol. The van der Waals surface area contributed by atoms with Gasteiger partial charge in [-0.3, -0.25) is 4.79 Å². The number of carbonyl (C=O) groups excluding carboxylic acids is 1. The quantitative estimate of drug-likeness (QED) is 0.745. The highest BCUT2D eigenvalue weighted by Crippen LogP contribution is 2.34. The van der Waals surface area contributed by atoms with Gasteiger partial charge in [-0.15, -0.1) is 0 Å². The number of hydrogen-bond acceptors (Lipinski definition) is 3. The van der Waals surface area contributed by atoms with Crippen molar-refractivity contribution in [2.45, 2.75) is 39.2 Å². The van der Waals surface area contributed by atoms with E-state index in [-0.39, 0.29) is 5.78 Å². The Labute approximate surface area is 108 Å². The lowest BCUT2D eigenvalue weighted by Crippen LogP contribution is -2.28. The summed E-state index contributed by atoms with van der Waals surface area (Å²) in [4.78, 5) is 14.0. The first kappa shape index (κ1) is 12.6. The molecule has 0 aromatic heterocycles. The normalized spacial score (nSPS) is 14.1. The van der Waals surface area contributed by atoms with Crippen molar-refractivity contribution >= 4 is 11.5 Å². The van der Waals surface area contributed by atoms with Crippen LogP contribution in [0.25, 0.3) is 0 Å². The van der Waals surface area contributed by atoms with Crippen molar-refractivity contribution in [2.24, 2.45) is 0 Å². The summed E-state index contributed by atoms with van der Waals surface area (Å²) in [6, 6.07) is 8.06. The molecule has 0 amide bonds. The average Bonchev–Trinajstić information content (AvgIpc) is 3.19. The van der Waals surface area contributed by atoms with Gasteiger partial charge in [0.05, 0.1) is 11.6 Å². The Balaban J connectivity index is 2.44. The first-order chi connectivity index (χ1) is 8.67. The van der Waals surface area contributed by atoms with Gasteiger partial charge in [-0.05, 0) is 44.4 Å². The van der Waals surface area contributed by atoms with Gasteiger partial charge in [0.25, 0.3) is 0 Å². The summed E-state index contributed by atoms with van der Waals surface area (Å²) >= 11 is 0. The number of ketones is 1. The summed E-state index contributed by atoms with van der Waals surface area (Å²) in [6.45, 7) is 4.67. The summed E-state index contributed by atoms with van der Waals surface area (Å²) in [5.41, 5.74) is 2.29. The van der Waals surface area contributed by atoms with Crippen molar-refractivity contribution in [1.29, 1.82) is 5.26 Å². The molecule has 18 heavy (non-hydrogen) atoms. The van der Waals surface area contributed by atoms with Gasteiger partial charge in [-0.25, -0.2) is 0 Å². The average molecular weight is 242 g/mol. The lowest BCUT2D eigenvalue weighted by atomic mass is 10.0. The van der Waals surface area contributed by atoms with Gasteiger partial charge >= 0.3 is 0 Å². The first-order valence-corrected chi connectivity index (χ1v) is 6.49. The largest absolute Gasteiger partial charge is 0.368 e. The molecule has 3 heteroatoms. The van der Waals surface area contributed by atoms with Gasteiger partial charge in [0.15, 0.2) is 5.78 Å². The molecule has 1 aromatic carbocycles. The highest BCUT2D eigenvalue weighted by Gasteiger charge is 2.30. The third kappa shape index (κ3) is 2.53. The Morgan fingerprint density at radius 1 is 1.50 bits per heavy atom. The first-order valence-electron chi connectivity index (χ1n) is 6.49. The second-order valence-corrected chi connectivity index (χ2v) is 4.82. The van der Waals surface area contributed by atoms with E-state index in [9.17, 15) is 4.79 Å². The van der Waals surface area contributed by atoms with E-state index in [1.807, 2.05) is 6.07 Å². The van der Waals surface area contributed by atoms with E-state index in [2.05, 4.69) is 17.9 Å². The van der Waals surface area contributed by atoms with Crippen molar-refractivity contribution < 1.29 is 4.79 Å². The van der Waals surface area contributed by atoms with Gasteiger partial charge in [-0.1, -0.05) is 6.92 Å². The molecule has 0 N–H and O–H groups in total. The molecule has 0 atom stereocenters. The minimum absolute atomic E-state index is 0.0660. The van der Waals surface area contributed by atoms with E-state index in [1.54, 1.807) is 19.1 Å². The van der Waals surface area contributed by atoms with Crippen LogP contribution in [0.15, 0.2) is 18.2 Å².